The van der Waals surface area contributed by atoms with Crippen molar-refractivity contribution in [1.29, 1.82) is 0 Å². The van der Waals surface area contributed by atoms with Gasteiger partial charge in [0.15, 0.2) is 5.78 Å². The van der Waals surface area contributed by atoms with Crippen molar-refractivity contribution in [3.05, 3.63) is 47.6 Å². The van der Waals surface area contributed by atoms with E-state index in [4.69, 9.17) is 23.7 Å². The molecule has 5 rings (SSSR count). The van der Waals surface area contributed by atoms with Crippen LogP contribution in [-0.2, 0) is 47.7 Å². The molecule has 0 spiro atoms. The molecule has 358 valence electrons. The van der Waals surface area contributed by atoms with Crippen LogP contribution in [0.25, 0.3) is 0 Å². The number of carbonyl (C=O) groups excluding carboxylic acids is 5. The summed E-state index contributed by atoms with van der Waals surface area (Å²) in [5.41, 5.74) is 1.28. The van der Waals surface area contributed by atoms with E-state index in [1.807, 2.05) is 51.2 Å². The molecule has 14 nitrogen and oxygen atoms in total. The lowest BCUT2D eigenvalue weighted by Crippen LogP contribution is -2.65. The van der Waals surface area contributed by atoms with Crippen LogP contribution in [0.1, 0.15) is 112 Å². The fraction of sp³-hybridized carbons (Fsp3) is 0.740. The first-order chi connectivity index (χ1) is 30.3. The Morgan fingerprint density at radius 3 is 2.27 bits per heavy atom. The Morgan fingerprint density at radius 1 is 0.844 bits per heavy atom. The maximum atomic E-state index is 14.4. The Morgan fingerprint density at radius 2 is 1.58 bits per heavy atom. The molecule has 0 radical (unpaired) electrons. The van der Waals surface area contributed by atoms with E-state index in [0.29, 0.717) is 69.8 Å². The summed E-state index contributed by atoms with van der Waals surface area (Å²) in [7, 11) is 4.52. The normalized spacial score (nSPS) is 43.2. The van der Waals surface area contributed by atoms with Gasteiger partial charge in [-0.3, -0.25) is 19.2 Å². The van der Waals surface area contributed by atoms with Gasteiger partial charge in [-0.15, -0.1) is 0 Å². The van der Waals surface area contributed by atoms with Gasteiger partial charge in [0.05, 0.1) is 24.4 Å². The number of aliphatic hydroxyl groups excluding tert-OH is 2. The lowest BCUT2D eigenvalue weighted by molar-refractivity contribution is -0.266. The molecule has 4 aliphatic heterocycles. The number of fused-ring (bicyclic) bond motifs is 4. The predicted octanol–water partition coefficient (Wildman–Crippen LogP) is 5.40. The van der Waals surface area contributed by atoms with Crippen molar-refractivity contribution in [1.82, 2.24) is 4.90 Å². The predicted molar refractivity (Wildman–Crippen MR) is 238 cm³/mol. The van der Waals surface area contributed by atoms with Gasteiger partial charge in [0.2, 0.25) is 5.79 Å². The molecule has 3 unspecified atom stereocenters. The van der Waals surface area contributed by atoms with Gasteiger partial charge in [0, 0.05) is 64.4 Å². The number of esters is 1. The first-order valence-corrected chi connectivity index (χ1v) is 23.5. The van der Waals surface area contributed by atoms with Crippen LogP contribution in [0, 0.1) is 41.4 Å². The molecule has 1 saturated carbocycles. The lowest BCUT2D eigenvalue weighted by Gasteiger charge is -2.50. The molecule has 1 aliphatic carbocycles. The fourth-order valence-corrected chi connectivity index (χ4v) is 10.9. The van der Waals surface area contributed by atoms with Crippen LogP contribution in [0.3, 0.4) is 0 Å². The van der Waals surface area contributed by atoms with Crippen molar-refractivity contribution in [2.45, 2.75) is 167 Å². The van der Waals surface area contributed by atoms with E-state index in [2.05, 4.69) is 0 Å². The van der Waals surface area contributed by atoms with Gasteiger partial charge in [-0.1, -0.05) is 64.2 Å². The van der Waals surface area contributed by atoms with E-state index in [1.165, 1.54) is 12.0 Å². The highest BCUT2D eigenvalue weighted by Gasteiger charge is 2.57. The van der Waals surface area contributed by atoms with E-state index in [0.717, 1.165) is 5.57 Å². The summed E-state index contributed by atoms with van der Waals surface area (Å²) in [5.74, 6) is -8.43. The minimum Gasteiger partial charge on any atom is -0.460 e. The zero-order chi connectivity index (χ0) is 47.0. The van der Waals surface area contributed by atoms with E-state index in [-0.39, 0.29) is 42.5 Å². The smallest absolute Gasteiger partial charge is 0.329 e. The number of carbonyl (C=O) groups is 5. The molecule has 3 N–H and O–H groups in total. The van der Waals surface area contributed by atoms with Crippen LogP contribution in [-0.4, -0.2) is 132 Å². The third-order valence-corrected chi connectivity index (χ3v) is 14.9. The third-order valence-electron chi connectivity index (χ3n) is 14.9. The molecular weight excluding hydrogens is 823 g/mol. The summed E-state index contributed by atoms with van der Waals surface area (Å²) < 4.78 is 29.4. The SMILES string of the molecule is CO[C@H]1C[C@@H]2CC[C@@H](C)[C@@](O)(O2)C(=O)C(=O)N2CCCC3[C@H](C[C@@H]4CC[C@@H](O)[C@H](OC)C4)C(CC(=O)[C@H](C)/C=C(\C)[C@@H](O)[C@H](OC)C(=O)[C@H](C)CC(C)/C=C/C=C/C=C/1C)OC(=O)[C@H]32. The van der Waals surface area contributed by atoms with Gasteiger partial charge in [-0.2, -0.15) is 0 Å². The summed E-state index contributed by atoms with van der Waals surface area (Å²) in [6.07, 6.45) is 10.8. The Bertz CT molecular complexity index is 1790. The van der Waals surface area contributed by atoms with Gasteiger partial charge in [0.25, 0.3) is 11.7 Å². The maximum absolute atomic E-state index is 14.4. The molecule has 4 fully saturated rings. The van der Waals surface area contributed by atoms with Crippen molar-refractivity contribution in [3.8, 4) is 0 Å². The number of Topliss-reactive ketones (excluding diaryl/α,β-unsaturated/α-hetero) is 3. The van der Waals surface area contributed by atoms with Crippen molar-refractivity contribution in [3.63, 3.8) is 0 Å². The van der Waals surface area contributed by atoms with Gasteiger partial charge in [-0.05, 0) is 101 Å². The van der Waals surface area contributed by atoms with Gasteiger partial charge >= 0.3 is 5.97 Å². The number of hydrogen-bond acceptors (Lipinski definition) is 13. The number of rotatable bonds is 5. The first-order valence-electron chi connectivity index (χ1n) is 23.5. The molecule has 16 atom stereocenters. The van der Waals surface area contributed by atoms with Crippen LogP contribution in [0.4, 0.5) is 0 Å². The average molecular weight is 898 g/mol. The number of aliphatic hydroxyl groups is 3. The first kappa shape index (κ1) is 51.6. The largest absolute Gasteiger partial charge is 0.460 e. The number of amides is 1. The number of piperidine rings is 1. The molecule has 64 heavy (non-hydrogen) atoms. The van der Waals surface area contributed by atoms with Gasteiger partial charge in [-0.25, -0.2) is 4.79 Å². The highest BCUT2D eigenvalue weighted by atomic mass is 16.6. The summed E-state index contributed by atoms with van der Waals surface area (Å²) in [5, 5.41) is 34.1. The number of hydrogen-bond donors (Lipinski definition) is 3. The maximum Gasteiger partial charge on any atom is 0.329 e. The molecular formula is C50H75NO13. The van der Waals surface area contributed by atoms with Crippen molar-refractivity contribution in [2.75, 3.05) is 27.9 Å². The summed E-state index contributed by atoms with van der Waals surface area (Å²) in [6.45, 7) is 10.9. The Kier molecular flexibility index (Phi) is 18.5. The van der Waals surface area contributed by atoms with Crippen molar-refractivity contribution in [2.24, 2.45) is 41.4 Å². The number of allylic oxidation sites excluding steroid dienone is 6. The molecule has 0 aromatic rings. The highest BCUT2D eigenvalue weighted by Crippen LogP contribution is 2.45. The molecule has 4 bridgehead atoms. The minimum absolute atomic E-state index is 0.0231. The van der Waals surface area contributed by atoms with Crippen LogP contribution in [0.5, 0.6) is 0 Å². The molecule has 0 aromatic heterocycles. The van der Waals surface area contributed by atoms with Crippen LogP contribution >= 0.6 is 0 Å². The molecule has 1 amide bonds. The Hall–Kier alpha value is -3.37. The zero-order valence-electron chi connectivity index (χ0n) is 39.5. The van der Waals surface area contributed by atoms with E-state index in [1.54, 1.807) is 41.1 Å². The van der Waals surface area contributed by atoms with E-state index < -0.39 is 95.7 Å². The highest BCUT2D eigenvalue weighted by molar-refractivity contribution is 6.39. The number of nitrogens with zero attached hydrogens (tertiary/aromatic N) is 1. The second-order valence-corrected chi connectivity index (χ2v) is 19.5. The summed E-state index contributed by atoms with van der Waals surface area (Å²) in [4.78, 5) is 72.0. The second kappa shape index (κ2) is 22.9. The quantitative estimate of drug-likeness (QED) is 0.181. The van der Waals surface area contributed by atoms with Crippen LogP contribution in [0.15, 0.2) is 47.6 Å². The Labute approximate surface area is 379 Å². The van der Waals surface area contributed by atoms with Crippen LogP contribution < -0.4 is 0 Å². The summed E-state index contributed by atoms with van der Waals surface area (Å²) >= 11 is 0. The standard InChI is InChI=1S/C50H75NO13/c1-28-14-11-10-12-15-29(2)40(60-7)26-35-19-17-33(6)50(59,64-35)47(56)48(57)51-21-13-16-36-37(24-34-18-20-38(52)42(25-34)61-8)41(63-49(58)43(36)51)27-39(53)30(3)23-32(5)45(55)46(62-9)44(54)31(4)22-28/h10-12,14-15,23,28,30-31,33-38,40-43,45-46,52,55,59H,13,16-22,24-27H2,1-9H3/b12-10+,14-11+,29-15+,32-23+/t28?,30-,31-,33-,34+,35+,36?,37+,38-,40+,41?,42-,43+,45-,46-,50-/m1/s1. The molecule has 5 aliphatic rings. The Balaban J connectivity index is 1.51. The minimum atomic E-state index is -2.43. The number of ketones is 3. The number of methoxy groups -OCH3 is 3. The average Bonchev–Trinajstić information content (AvgIpc) is 3.27. The lowest BCUT2D eigenvalue weighted by atomic mass is 9.68. The molecule has 3 saturated heterocycles. The molecule has 14 heteroatoms. The monoisotopic (exact) mass is 898 g/mol. The molecule has 0 aromatic carbocycles. The van der Waals surface area contributed by atoms with Gasteiger partial charge in [0.1, 0.15) is 30.1 Å². The fourth-order valence-electron chi connectivity index (χ4n) is 10.9. The molecule has 4 heterocycles. The van der Waals surface area contributed by atoms with Crippen LogP contribution in [0.2, 0.25) is 0 Å². The zero-order valence-corrected chi connectivity index (χ0v) is 39.5. The van der Waals surface area contributed by atoms with Crippen molar-refractivity contribution >= 4 is 29.2 Å². The summed E-state index contributed by atoms with van der Waals surface area (Å²) in [6, 6.07) is -1.12. The van der Waals surface area contributed by atoms with E-state index in [9.17, 15) is 39.3 Å². The third kappa shape index (κ3) is 12.0. The topological polar surface area (TPSA) is 195 Å². The van der Waals surface area contributed by atoms with Gasteiger partial charge < -0.3 is 43.9 Å². The van der Waals surface area contributed by atoms with E-state index >= 15 is 0 Å². The number of ether oxygens (including phenoxy) is 5. The second-order valence-electron chi connectivity index (χ2n) is 19.5. The van der Waals surface area contributed by atoms with Crippen molar-refractivity contribution < 1.29 is 63.0 Å².